The maximum Gasteiger partial charge on any atom is 0.386 e. The number of nitrogens with zero attached hydrogens (tertiary/aromatic N) is 1. The van der Waals surface area contributed by atoms with Crippen LogP contribution in [0, 0.1) is 0 Å². The van der Waals surface area contributed by atoms with E-state index in [1.807, 2.05) is 0 Å². The number of rotatable bonds is 21. The number of phenols is 8. The van der Waals surface area contributed by atoms with Gasteiger partial charge in [0.2, 0.25) is 47.0 Å². The summed E-state index contributed by atoms with van der Waals surface area (Å²) in [6.07, 6.45) is -13.9. The first kappa shape index (κ1) is 58.4. The lowest BCUT2D eigenvalue weighted by molar-refractivity contribution is -0.461. The van der Waals surface area contributed by atoms with Crippen LogP contribution >= 0.6 is 0 Å². The molecule has 35 nitrogen and oxygen atoms in total. The van der Waals surface area contributed by atoms with Crippen LogP contribution in [0.1, 0.15) is 41.5 Å². The van der Waals surface area contributed by atoms with Crippen molar-refractivity contribution in [3.05, 3.63) is 52.6 Å². The molecule has 0 aliphatic carbocycles. The molecule has 0 bridgehead atoms. The van der Waals surface area contributed by atoms with Crippen LogP contribution in [0.3, 0.4) is 0 Å². The Morgan fingerprint density at radius 2 is 1.16 bits per heavy atom. The monoisotopic (exact) mass is 1070 g/mol. The fourth-order valence-corrected chi connectivity index (χ4v) is 7.76. The molecule has 5 rings (SSSR count). The molecule has 5 unspecified atom stereocenters. The van der Waals surface area contributed by atoms with Crippen molar-refractivity contribution in [2.45, 2.75) is 97.2 Å². The average molecular weight is 1070 g/mol. The maximum absolute atomic E-state index is 14.5. The Labute approximate surface area is 409 Å². The third-order valence-corrected chi connectivity index (χ3v) is 11.4. The second-order valence-corrected chi connectivity index (χ2v) is 16.8. The number of Topliss-reactive ketones (excluding diaryl/α,β-unsaturated/α-hetero) is 1. The van der Waals surface area contributed by atoms with Crippen molar-refractivity contribution in [2.24, 2.45) is 0 Å². The zero-order chi connectivity index (χ0) is 56.4. The van der Waals surface area contributed by atoms with Gasteiger partial charge in [0.05, 0.1) is 12.5 Å². The lowest BCUT2D eigenvalue weighted by Gasteiger charge is -2.44. The highest BCUT2D eigenvalue weighted by molar-refractivity contribution is 5.93. The molecule has 3 aromatic rings. The number of carbonyl (C=O) groups is 3. The number of ether oxygens (including phenoxy) is 3. The number of urea groups is 1. The summed E-state index contributed by atoms with van der Waals surface area (Å²) in [6.45, 7) is -0.497. The number of hydrogen-bond acceptors (Lipinski definition) is 32. The molecule has 3 aromatic carbocycles. The van der Waals surface area contributed by atoms with Gasteiger partial charge in [0, 0.05) is 19.1 Å². The van der Waals surface area contributed by atoms with Gasteiger partial charge in [-0.05, 0) is 24.8 Å². The Hall–Kier alpha value is -6.53. The normalized spacial score (nSPS) is 19.6. The van der Waals surface area contributed by atoms with E-state index >= 15 is 0 Å². The summed E-state index contributed by atoms with van der Waals surface area (Å²) in [4.78, 5) is 42.1. The minimum absolute atomic E-state index is 0.00112. The number of carbonyl (C=O) groups excluding carboxylic acids is 3. The molecule has 2 aliphatic heterocycles. The predicted molar refractivity (Wildman–Crippen MR) is 220 cm³/mol. The highest BCUT2D eigenvalue weighted by Crippen LogP contribution is 2.57. The molecule has 5 atom stereocenters. The van der Waals surface area contributed by atoms with E-state index in [0.29, 0.717) is 4.90 Å². The van der Waals surface area contributed by atoms with Gasteiger partial charge in [-0.3, -0.25) is 14.5 Å². The molecule has 0 radical (unpaired) electrons. The number of benzene rings is 3. The van der Waals surface area contributed by atoms with Gasteiger partial charge in [0.1, 0.15) is 16.7 Å². The van der Waals surface area contributed by atoms with Crippen LogP contribution in [0.4, 0.5) is 4.79 Å². The second kappa shape index (κ2) is 19.6. The van der Waals surface area contributed by atoms with E-state index in [1.54, 1.807) is 0 Å². The van der Waals surface area contributed by atoms with Crippen LogP contribution < -0.4 is 15.4 Å². The van der Waals surface area contributed by atoms with Gasteiger partial charge in [0.15, 0.2) is 34.3 Å². The number of aliphatic hydroxyl groups is 18. The standard InChI is InChI=1S/C39H49N3O32/c43-14(10-13(9-12-5-2-1-3-6-12)41-29(53)33(42-8-4-7-40-31(42)54)30(74-33)72-28(37(64,65)66)38(67,68)69)32(55,34(56,57)16-19(45)24(50)26(52)25(51)20(16)46)11-15(44)39(70,71)73-27-17(35(58,59)60)21(47)23(49)22(48)18(27)36(61,62)63/h1-3,5-6,13-14,28,30,43,45-52,55-71H,4,7-11H2,(H,40,54)(H,41,53). The summed E-state index contributed by atoms with van der Waals surface area (Å²) < 4.78 is 14.6. The summed E-state index contributed by atoms with van der Waals surface area (Å²) in [5.74, 6) is -51.2. The number of aliphatic hydroxyl groups excluding tert-OH is 1. The van der Waals surface area contributed by atoms with Gasteiger partial charge in [-0.1, -0.05) is 30.3 Å². The number of phenolic OH excluding ortho intramolecular Hbond substituents is 8. The predicted octanol–water partition coefficient (Wildman–Crippen LogP) is -10.4. The summed E-state index contributed by atoms with van der Waals surface area (Å²) in [5, 5.41) is 275. The number of hydrogen-bond donors (Lipinski definition) is 28. The lowest BCUT2D eigenvalue weighted by atomic mass is 9.75. The van der Waals surface area contributed by atoms with Gasteiger partial charge < -0.3 is 158 Å². The molecule has 2 heterocycles. The van der Waals surface area contributed by atoms with Crippen molar-refractivity contribution in [1.29, 1.82) is 0 Å². The number of epoxide rings is 1. The Kier molecular flexibility index (Phi) is 15.5. The van der Waals surface area contributed by atoms with E-state index in [-0.39, 0.29) is 18.5 Å². The fraction of sp³-hybridized carbons (Fsp3) is 0.462. The Morgan fingerprint density at radius 1 is 0.703 bits per heavy atom. The minimum atomic E-state index is -5.05. The molecule has 2 aliphatic rings. The largest absolute Gasteiger partial charge is 0.504 e. The zero-order valence-corrected chi connectivity index (χ0v) is 37.0. The van der Waals surface area contributed by atoms with Crippen LogP contribution in [0.2, 0.25) is 0 Å². The third-order valence-electron chi connectivity index (χ3n) is 11.4. The van der Waals surface area contributed by atoms with Gasteiger partial charge in [0.25, 0.3) is 11.6 Å². The van der Waals surface area contributed by atoms with Gasteiger partial charge >= 0.3 is 35.9 Å². The van der Waals surface area contributed by atoms with E-state index < -0.39 is 183 Å². The van der Waals surface area contributed by atoms with Crippen LogP contribution in [0.5, 0.6) is 51.7 Å². The molecular formula is C39H49N3O32. The molecule has 0 spiro atoms. The van der Waals surface area contributed by atoms with Crippen molar-refractivity contribution in [2.75, 3.05) is 13.1 Å². The van der Waals surface area contributed by atoms with Crippen molar-refractivity contribution >= 4 is 17.7 Å². The van der Waals surface area contributed by atoms with Crippen LogP contribution in [0.25, 0.3) is 0 Å². The molecule has 35 heteroatoms. The molecular weight excluding hydrogens is 1020 g/mol. The third kappa shape index (κ3) is 10.8. The number of nitrogens with one attached hydrogen (secondary N) is 2. The van der Waals surface area contributed by atoms with Gasteiger partial charge in [-0.2, -0.15) is 0 Å². The van der Waals surface area contributed by atoms with Crippen LogP contribution in [-0.4, -0.2) is 222 Å². The number of amides is 3. The molecule has 3 amide bonds. The Balaban J connectivity index is 1.67. The fourth-order valence-electron chi connectivity index (χ4n) is 7.76. The first-order valence-corrected chi connectivity index (χ1v) is 20.5. The SMILES string of the molecule is O=C1NCCCN1C1(C(=O)NC(Cc2ccccc2)CC(O)C(O)(CC(=O)C(O)(O)Oc2c(C(O)(O)O)c(O)c(O)c(O)c2C(O)(O)O)C(O)(O)c2c(O)c(O)c(O)c(O)c2O)OC1OC(C(O)(O)O)C(O)(O)O. The quantitative estimate of drug-likeness (QED) is 0.0204. The Morgan fingerprint density at radius 3 is 1.62 bits per heavy atom. The molecule has 2 saturated heterocycles. The van der Waals surface area contributed by atoms with Gasteiger partial charge in [-0.15, -0.1) is 0 Å². The van der Waals surface area contributed by atoms with E-state index in [1.165, 1.54) is 30.3 Å². The number of ketones is 1. The van der Waals surface area contributed by atoms with Crippen molar-refractivity contribution < 1.29 is 161 Å². The van der Waals surface area contributed by atoms with E-state index in [0.717, 1.165) is 0 Å². The minimum Gasteiger partial charge on any atom is -0.504 e. The first-order chi connectivity index (χ1) is 33.6. The first-order valence-electron chi connectivity index (χ1n) is 20.5. The zero-order valence-electron chi connectivity index (χ0n) is 37.0. The van der Waals surface area contributed by atoms with E-state index in [2.05, 4.69) is 15.4 Å². The summed E-state index contributed by atoms with van der Waals surface area (Å²) >= 11 is 0. The molecule has 28 N–H and O–H groups in total. The highest BCUT2D eigenvalue weighted by atomic mass is 16.8. The smallest absolute Gasteiger partial charge is 0.386 e. The molecule has 2 fully saturated rings. The van der Waals surface area contributed by atoms with E-state index in [9.17, 15) is 147 Å². The molecule has 0 saturated carbocycles. The Bertz CT molecular complexity index is 2540. The highest BCUT2D eigenvalue weighted by Gasteiger charge is 2.73. The summed E-state index contributed by atoms with van der Waals surface area (Å²) in [5.41, 5.74) is -14.1. The summed E-state index contributed by atoms with van der Waals surface area (Å²) in [6, 6.07) is 3.70. The van der Waals surface area contributed by atoms with Crippen molar-refractivity contribution in [3.8, 4) is 51.7 Å². The van der Waals surface area contributed by atoms with Gasteiger partial charge in [-0.25, -0.2) is 4.79 Å². The summed E-state index contributed by atoms with van der Waals surface area (Å²) in [7, 11) is 0. The maximum atomic E-state index is 14.5. The average Bonchev–Trinajstić information content (AvgIpc) is 3.99. The van der Waals surface area contributed by atoms with E-state index in [4.69, 9.17) is 9.47 Å². The van der Waals surface area contributed by atoms with Crippen LogP contribution in [-0.2, 0) is 43.2 Å². The van der Waals surface area contributed by atoms with Crippen LogP contribution in [0.15, 0.2) is 30.3 Å². The number of aromatic hydroxyl groups is 8. The molecule has 412 valence electrons. The van der Waals surface area contributed by atoms with Crippen molar-refractivity contribution in [3.63, 3.8) is 0 Å². The lowest BCUT2D eigenvalue weighted by Crippen LogP contribution is -2.65. The molecule has 74 heavy (non-hydrogen) atoms. The van der Waals surface area contributed by atoms with Crippen molar-refractivity contribution in [1.82, 2.24) is 15.5 Å². The molecule has 0 aromatic heterocycles. The topological polar surface area (TPSA) is 635 Å². The second-order valence-electron chi connectivity index (χ2n) is 16.8.